The molecule has 1 fully saturated rings. The summed E-state index contributed by atoms with van der Waals surface area (Å²) in [5.41, 5.74) is 0. The van der Waals surface area contributed by atoms with Crippen molar-refractivity contribution < 1.29 is 0 Å². The van der Waals surface area contributed by atoms with Crippen molar-refractivity contribution in [2.75, 3.05) is 19.6 Å². The molecule has 0 aliphatic carbocycles. The molecule has 0 aromatic rings. The van der Waals surface area contributed by atoms with Gasteiger partial charge in [-0.3, -0.25) is 0 Å². The first kappa shape index (κ1) is 12.7. The number of piperazine rings is 1. The van der Waals surface area contributed by atoms with Gasteiger partial charge < -0.3 is 10.6 Å². The highest BCUT2D eigenvalue weighted by Crippen LogP contribution is 1.81. The van der Waals surface area contributed by atoms with Gasteiger partial charge in [-0.2, -0.15) is 0 Å². The minimum atomic E-state index is 0. The number of hydrogen-bond acceptors (Lipinski definition) is 2. The highest BCUT2D eigenvalue weighted by atomic mass is 35.5. The lowest BCUT2D eigenvalue weighted by atomic mass is 10.2. The maximum absolute atomic E-state index is 5.15. The van der Waals surface area contributed by atoms with E-state index in [1.54, 1.807) is 0 Å². The monoisotopic (exact) mass is 182 g/mol. The summed E-state index contributed by atoms with van der Waals surface area (Å²) in [7, 11) is 0. The van der Waals surface area contributed by atoms with Crippen LogP contribution in [0.25, 0.3) is 0 Å². The molecule has 1 aliphatic heterocycles. The second-order valence-electron chi connectivity index (χ2n) is 1.88. The maximum Gasteiger partial charge on any atom is 0.0813 e. The van der Waals surface area contributed by atoms with Crippen LogP contribution in [0, 0.1) is 12.3 Å². The van der Waals surface area contributed by atoms with E-state index in [0.29, 0.717) is 0 Å². The van der Waals surface area contributed by atoms with Crippen LogP contribution < -0.4 is 10.6 Å². The van der Waals surface area contributed by atoms with Gasteiger partial charge in [-0.25, -0.2) is 0 Å². The Kier molecular flexibility index (Phi) is 9.11. The molecule has 1 heterocycles. The highest BCUT2D eigenvalue weighted by molar-refractivity contribution is 5.85. The molecular weight excluding hydrogens is 171 g/mol. The van der Waals surface area contributed by atoms with Crippen molar-refractivity contribution in [3.8, 4) is 12.3 Å². The van der Waals surface area contributed by atoms with Crippen LogP contribution in [0.1, 0.15) is 0 Å². The topological polar surface area (TPSA) is 24.1 Å². The molecule has 0 amide bonds. The van der Waals surface area contributed by atoms with Crippen LogP contribution >= 0.6 is 24.8 Å². The van der Waals surface area contributed by atoms with Gasteiger partial charge in [0.25, 0.3) is 0 Å². The molecule has 0 radical (unpaired) electrons. The molecule has 2 N–H and O–H groups in total. The molecule has 0 bridgehead atoms. The van der Waals surface area contributed by atoms with Gasteiger partial charge in [0.2, 0.25) is 0 Å². The summed E-state index contributed by atoms with van der Waals surface area (Å²) < 4.78 is 0. The van der Waals surface area contributed by atoms with E-state index in [1.807, 2.05) is 0 Å². The molecule has 10 heavy (non-hydrogen) atoms. The first-order valence-electron chi connectivity index (χ1n) is 2.83. The van der Waals surface area contributed by atoms with Gasteiger partial charge >= 0.3 is 0 Å². The van der Waals surface area contributed by atoms with Crippen molar-refractivity contribution in [3.05, 3.63) is 0 Å². The van der Waals surface area contributed by atoms with Gasteiger partial charge in [0.1, 0.15) is 0 Å². The van der Waals surface area contributed by atoms with E-state index in [4.69, 9.17) is 6.42 Å². The first-order valence-corrected chi connectivity index (χ1v) is 2.83. The minimum absolute atomic E-state index is 0. The largest absolute Gasteiger partial charge is 0.313 e. The maximum atomic E-state index is 5.15. The Bertz CT molecular complexity index is 105. The van der Waals surface area contributed by atoms with Gasteiger partial charge in [0.05, 0.1) is 6.04 Å². The molecule has 2 nitrogen and oxygen atoms in total. The summed E-state index contributed by atoms with van der Waals surface area (Å²) in [6, 6.07) is 0.253. The SMILES string of the molecule is C#CC1CNCCN1.Cl.Cl. The lowest BCUT2D eigenvalue weighted by molar-refractivity contribution is 0.480. The smallest absolute Gasteiger partial charge is 0.0813 e. The van der Waals surface area contributed by atoms with Gasteiger partial charge in [0, 0.05) is 19.6 Å². The van der Waals surface area contributed by atoms with Crippen LogP contribution in [0.15, 0.2) is 0 Å². The molecule has 1 atom stereocenters. The Morgan fingerprint density at radius 2 is 2.00 bits per heavy atom. The summed E-state index contributed by atoms with van der Waals surface area (Å²) in [5.74, 6) is 2.63. The molecule has 1 aliphatic rings. The van der Waals surface area contributed by atoms with Crippen LogP contribution in [0.4, 0.5) is 0 Å². The third-order valence-corrected chi connectivity index (χ3v) is 1.24. The predicted molar refractivity (Wildman–Crippen MR) is 48.0 cm³/mol. The van der Waals surface area contributed by atoms with Crippen molar-refractivity contribution in [1.82, 2.24) is 10.6 Å². The summed E-state index contributed by atoms with van der Waals surface area (Å²) >= 11 is 0. The number of terminal acetylenes is 1. The Morgan fingerprint density at radius 3 is 2.30 bits per heavy atom. The predicted octanol–water partition coefficient (Wildman–Crippen LogP) is 0.0246. The minimum Gasteiger partial charge on any atom is -0.313 e. The second-order valence-corrected chi connectivity index (χ2v) is 1.88. The van der Waals surface area contributed by atoms with Gasteiger partial charge in [0.15, 0.2) is 0 Å². The van der Waals surface area contributed by atoms with E-state index in [2.05, 4.69) is 16.6 Å². The van der Waals surface area contributed by atoms with Crippen molar-refractivity contribution >= 4 is 24.8 Å². The fourth-order valence-corrected chi connectivity index (χ4v) is 0.771. The highest BCUT2D eigenvalue weighted by Gasteiger charge is 2.06. The van der Waals surface area contributed by atoms with Crippen molar-refractivity contribution in [1.29, 1.82) is 0 Å². The van der Waals surface area contributed by atoms with Crippen LogP contribution in [0.5, 0.6) is 0 Å². The average Bonchev–Trinajstić information content (AvgIpc) is 1.90. The van der Waals surface area contributed by atoms with E-state index < -0.39 is 0 Å². The molecule has 0 aromatic heterocycles. The zero-order chi connectivity index (χ0) is 5.82. The lowest BCUT2D eigenvalue weighted by Gasteiger charge is -2.19. The number of nitrogens with one attached hydrogen (secondary N) is 2. The van der Waals surface area contributed by atoms with Gasteiger partial charge in [-0.15, -0.1) is 31.2 Å². The van der Waals surface area contributed by atoms with E-state index in [0.717, 1.165) is 19.6 Å². The van der Waals surface area contributed by atoms with Crippen LogP contribution in [-0.4, -0.2) is 25.7 Å². The standard InChI is InChI=1S/C6H10N2.2ClH/c1-2-6-5-7-3-4-8-6;;/h1,6-8H,3-5H2;2*1H. The van der Waals surface area contributed by atoms with Crippen molar-refractivity contribution in [2.45, 2.75) is 6.04 Å². The molecule has 4 heteroatoms. The number of hydrogen-bond donors (Lipinski definition) is 2. The van der Waals surface area contributed by atoms with Crippen LogP contribution in [-0.2, 0) is 0 Å². The first-order chi connectivity index (χ1) is 3.93. The van der Waals surface area contributed by atoms with E-state index >= 15 is 0 Å². The molecule has 0 aromatic carbocycles. The molecule has 1 rings (SSSR count). The lowest BCUT2D eigenvalue weighted by Crippen LogP contribution is -2.47. The quantitative estimate of drug-likeness (QED) is 0.517. The molecular formula is C6H12Cl2N2. The summed E-state index contributed by atoms with van der Waals surface area (Å²) in [5, 5.41) is 6.35. The van der Waals surface area contributed by atoms with E-state index in [-0.39, 0.29) is 30.9 Å². The Labute approximate surface area is 74.0 Å². The van der Waals surface area contributed by atoms with Crippen molar-refractivity contribution in [3.63, 3.8) is 0 Å². The van der Waals surface area contributed by atoms with Gasteiger partial charge in [-0.1, -0.05) is 5.92 Å². The van der Waals surface area contributed by atoms with Crippen LogP contribution in [0.3, 0.4) is 0 Å². The molecule has 60 valence electrons. The fraction of sp³-hybridized carbons (Fsp3) is 0.667. The third-order valence-electron chi connectivity index (χ3n) is 1.24. The third kappa shape index (κ3) is 3.97. The summed E-state index contributed by atoms with van der Waals surface area (Å²) in [6.45, 7) is 2.95. The normalized spacial score (nSPS) is 23.3. The molecule has 0 spiro atoms. The Balaban J connectivity index is 0. The molecule has 1 saturated heterocycles. The summed E-state index contributed by atoms with van der Waals surface area (Å²) in [6.07, 6.45) is 5.15. The zero-order valence-corrected chi connectivity index (χ0v) is 7.23. The molecule has 0 saturated carbocycles. The van der Waals surface area contributed by atoms with Crippen molar-refractivity contribution in [2.24, 2.45) is 0 Å². The van der Waals surface area contributed by atoms with Gasteiger partial charge in [-0.05, 0) is 0 Å². The summed E-state index contributed by atoms with van der Waals surface area (Å²) in [4.78, 5) is 0. The second kappa shape index (κ2) is 7.17. The zero-order valence-electron chi connectivity index (χ0n) is 5.59. The Morgan fingerprint density at radius 1 is 1.30 bits per heavy atom. The van der Waals surface area contributed by atoms with E-state index in [9.17, 15) is 0 Å². The molecule has 1 unspecified atom stereocenters. The Hall–Kier alpha value is 0.0600. The van der Waals surface area contributed by atoms with E-state index in [1.165, 1.54) is 0 Å². The fourth-order valence-electron chi connectivity index (χ4n) is 0.771. The average molecular weight is 183 g/mol. The van der Waals surface area contributed by atoms with Crippen LogP contribution in [0.2, 0.25) is 0 Å². The number of halogens is 2. The number of rotatable bonds is 0.